The van der Waals surface area contributed by atoms with Gasteiger partial charge in [0.2, 0.25) is 0 Å². The Kier molecular flexibility index (Phi) is 4.35. The van der Waals surface area contributed by atoms with Crippen molar-refractivity contribution in [2.45, 2.75) is 13.5 Å². The van der Waals surface area contributed by atoms with Gasteiger partial charge < -0.3 is 10.1 Å². The third-order valence-electron chi connectivity index (χ3n) is 3.66. The fourth-order valence-corrected chi connectivity index (χ4v) is 3.45. The van der Waals surface area contributed by atoms with Gasteiger partial charge in [-0.1, -0.05) is 11.3 Å². The summed E-state index contributed by atoms with van der Waals surface area (Å²) in [6.07, 6.45) is 0. The zero-order valence-corrected chi connectivity index (χ0v) is 13.9. The predicted octanol–water partition coefficient (Wildman–Crippen LogP) is 3.48. The number of carbonyl (C=O) groups excluding carboxylic acids is 1. The molecule has 0 saturated carbocycles. The van der Waals surface area contributed by atoms with Crippen LogP contribution < -0.4 is 14.9 Å². The monoisotopic (exact) mass is 346 g/mol. The molecule has 0 bridgehead atoms. The SMILES string of the molecule is CCn1c(=O)sc2cc(NC(=O)c3ccc(OC)c(F)c3)ccc21. The van der Waals surface area contributed by atoms with Gasteiger partial charge in [-0.2, -0.15) is 0 Å². The van der Waals surface area contributed by atoms with E-state index in [0.29, 0.717) is 12.2 Å². The lowest BCUT2D eigenvalue weighted by Crippen LogP contribution is -2.12. The fraction of sp³-hybridized carbons (Fsp3) is 0.176. The summed E-state index contributed by atoms with van der Waals surface area (Å²) >= 11 is 1.13. The van der Waals surface area contributed by atoms with Crippen LogP contribution in [-0.2, 0) is 6.54 Å². The van der Waals surface area contributed by atoms with E-state index >= 15 is 0 Å². The molecule has 1 heterocycles. The van der Waals surface area contributed by atoms with E-state index in [0.717, 1.165) is 27.6 Å². The van der Waals surface area contributed by atoms with Gasteiger partial charge in [0.25, 0.3) is 5.91 Å². The van der Waals surface area contributed by atoms with Gasteiger partial charge >= 0.3 is 4.87 Å². The van der Waals surface area contributed by atoms with Gasteiger partial charge in [-0.15, -0.1) is 0 Å². The van der Waals surface area contributed by atoms with E-state index in [2.05, 4.69) is 5.32 Å². The van der Waals surface area contributed by atoms with Crippen LogP contribution in [0.1, 0.15) is 17.3 Å². The Morgan fingerprint density at radius 3 is 2.75 bits per heavy atom. The van der Waals surface area contributed by atoms with Crippen LogP contribution in [0.15, 0.2) is 41.2 Å². The van der Waals surface area contributed by atoms with Gasteiger partial charge in [0, 0.05) is 17.8 Å². The molecule has 0 aliphatic carbocycles. The molecule has 3 aromatic rings. The molecule has 124 valence electrons. The van der Waals surface area contributed by atoms with Crippen LogP contribution in [0.4, 0.5) is 10.1 Å². The summed E-state index contributed by atoms with van der Waals surface area (Å²) in [5, 5.41) is 2.71. The summed E-state index contributed by atoms with van der Waals surface area (Å²) in [5.41, 5.74) is 1.57. The highest BCUT2D eigenvalue weighted by Gasteiger charge is 2.12. The van der Waals surface area contributed by atoms with E-state index in [1.165, 1.54) is 19.2 Å². The number of hydrogen-bond donors (Lipinski definition) is 1. The van der Waals surface area contributed by atoms with Crippen molar-refractivity contribution in [2.75, 3.05) is 12.4 Å². The maximum Gasteiger partial charge on any atom is 0.308 e. The van der Waals surface area contributed by atoms with Crippen LogP contribution in [0.25, 0.3) is 10.2 Å². The minimum absolute atomic E-state index is 0.0341. The molecule has 3 rings (SSSR count). The second-order valence-electron chi connectivity index (χ2n) is 5.10. The van der Waals surface area contributed by atoms with Crippen LogP contribution in [0.5, 0.6) is 5.75 Å². The van der Waals surface area contributed by atoms with Crippen molar-refractivity contribution >= 4 is 33.1 Å². The van der Waals surface area contributed by atoms with Crippen molar-refractivity contribution in [3.05, 3.63) is 57.4 Å². The first-order valence-corrected chi connectivity index (χ1v) is 8.13. The second-order valence-corrected chi connectivity index (χ2v) is 6.09. The third-order valence-corrected chi connectivity index (χ3v) is 4.60. The maximum atomic E-state index is 13.7. The molecule has 0 radical (unpaired) electrons. The number of thiazole rings is 1. The second kappa shape index (κ2) is 6.45. The zero-order valence-electron chi connectivity index (χ0n) is 13.1. The van der Waals surface area contributed by atoms with Gasteiger partial charge in [0.05, 0.1) is 17.3 Å². The summed E-state index contributed by atoms with van der Waals surface area (Å²) < 4.78 is 21.0. The standard InChI is InChI=1S/C17H15FN2O3S/c1-3-20-13-6-5-11(9-15(13)24-17(20)22)19-16(21)10-4-7-14(23-2)12(18)8-10/h4-9H,3H2,1-2H3,(H,19,21). The van der Waals surface area contributed by atoms with Crippen molar-refractivity contribution in [1.29, 1.82) is 0 Å². The van der Waals surface area contributed by atoms with Crippen molar-refractivity contribution in [3.8, 4) is 5.75 Å². The van der Waals surface area contributed by atoms with Crippen molar-refractivity contribution in [2.24, 2.45) is 0 Å². The number of anilines is 1. The first-order chi connectivity index (χ1) is 11.5. The Balaban J connectivity index is 1.88. The topological polar surface area (TPSA) is 60.3 Å². The summed E-state index contributed by atoms with van der Waals surface area (Å²) in [7, 11) is 1.36. The number of nitrogens with zero attached hydrogens (tertiary/aromatic N) is 1. The van der Waals surface area contributed by atoms with Gasteiger partial charge in [-0.25, -0.2) is 4.39 Å². The molecule has 5 nitrogen and oxygen atoms in total. The summed E-state index contributed by atoms with van der Waals surface area (Å²) in [6, 6.07) is 9.27. The number of methoxy groups -OCH3 is 1. The van der Waals surface area contributed by atoms with E-state index in [1.54, 1.807) is 22.8 Å². The van der Waals surface area contributed by atoms with Gasteiger partial charge in [-0.3, -0.25) is 14.2 Å². The number of carbonyl (C=O) groups is 1. The Morgan fingerprint density at radius 2 is 2.08 bits per heavy atom. The number of nitrogens with one attached hydrogen (secondary N) is 1. The van der Waals surface area contributed by atoms with Crippen molar-refractivity contribution < 1.29 is 13.9 Å². The quantitative estimate of drug-likeness (QED) is 0.787. The zero-order chi connectivity index (χ0) is 17.3. The molecule has 0 spiro atoms. The predicted molar refractivity (Wildman–Crippen MR) is 92.7 cm³/mol. The number of amides is 1. The van der Waals surface area contributed by atoms with Gasteiger partial charge in [0.1, 0.15) is 0 Å². The summed E-state index contributed by atoms with van der Waals surface area (Å²) in [5.74, 6) is -0.948. The van der Waals surface area contributed by atoms with Crippen LogP contribution in [-0.4, -0.2) is 17.6 Å². The Labute approximate surface area is 141 Å². The molecule has 2 aromatic carbocycles. The molecular weight excluding hydrogens is 331 g/mol. The minimum atomic E-state index is -0.598. The van der Waals surface area contributed by atoms with E-state index < -0.39 is 11.7 Å². The molecule has 7 heteroatoms. The van der Waals surface area contributed by atoms with Crippen molar-refractivity contribution in [1.82, 2.24) is 4.57 Å². The third kappa shape index (κ3) is 2.90. The number of benzene rings is 2. The minimum Gasteiger partial charge on any atom is -0.494 e. The Hall–Kier alpha value is -2.67. The fourth-order valence-electron chi connectivity index (χ4n) is 2.45. The number of aryl methyl sites for hydroxylation is 1. The average molecular weight is 346 g/mol. The van der Waals surface area contributed by atoms with E-state index in [9.17, 15) is 14.0 Å². The van der Waals surface area contributed by atoms with E-state index in [-0.39, 0.29) is 16.2 Å². The van der Waals surface area contributed by atoms with Crippen molar-refractivity contribution in [3.63, 3.8) is 0 Å². The van der Waals surface area contributed by atoms with Gasteiger partial charge in [-0.05, 0) is 43.3 Å². The lowest BCUT2D eigenvalue weighted by atomic mass is 10.2. The molecule has 0 unspecified atom stereocenters. The smallest absolute Gasteiger partial charge is 0.308 e. The lowest BCUT2D eigenvalue weighted by molar-refractivity contribution is 0.102. The highest BCUT2D eigenvalue weighted by Crippen LogP contribution is 2.23. The molecule has 24 heavy (non-hydrogen) atoms. The van der Waals surface area contributed by atoms with Gasteiger partial charge in [0.15, 0.2) is 11.6 Å². The summed E-state index contributed by atoms with van der Waals surface area (Å²) in [6.45, 7) is 2.50. The first kappa shape index (κ1) is 16.2. The van der Waals surface area contributed by atoms with E-state index in [1.807, 2.05) is 6.92 Å². The molecule has 0 atom stereocenters. The average Bonchev–Trinajstić information content (AvgIpc) is 2.88. The summed E-state index contributed by atoms with van der Waals surface area (Å²) in [4.78, 5) is 24.1. The molecule has 0 aliphatic rings. The highest BCUT2D eigenvalue weighted by atomic mass is 32.1. The normalized spacial score (nSPS) is 10.8. The molecule has 0 aliphatic heterocycles. The van der Waals surface area contributed by atoms with Crippen LogP contribution in [0.2, 0.25) is 0 Å². The molecule has 0 fully saturated rings. The van der Waals surface area contributed by atoms with E-state index in [4.69, 9.17) is 4.74 Å². The number of rotatable bonds is 4. The van der Waals surface area contributed by atoms with Crippen LogP contribution >= 0.6 is 11.3 Å². The molecule has 0 saturated heterocycles. The first-order valence-electron chi connectivity index (χ1n) is 7.31. The Bertz CT molecular complexity index is 978. The number of fused-ring (bicyclic) bond motifs is 1. The van der Waals surface area contributed by atoms with Crippen LogP contribution in [0.3, 0.4) is 0 Å². The highest BCUT2D eigenvalue weighted by molar-refractivity contribution is 7.16. The molecule has 1 amide bonds. The lowest BCUT2D eigenvalue weighted by Gasteiger charge is -2.07. The molecule has 1 N–H and O–H groups in total. The number of hydrogen-bond acceptors (Lipinski definition) is 4. The Morgan fingerprint density at radius 1 is 1.29 bits per heavy atom. The molecule has 1 aromatic heterocycles. The molecular formula is C17H15FN2O3S. The van der Waals surface area contributed by atoms with Crippen LogP contribution in [0, 0.1) is 5.82 Å². The largest absolute Gasteiger partial charge is 0.494 e. The number of ether oxygens (including phenoxy) is 1. The maximum absolute atomic E-state index is 13.7. The number of aromatic nitrogens is 1. The number of halogens is 1.